The van der Waals surface area contributed by atoms with Gasteiger partial charge < -0.3 is 19.3 Å². The fourth-order valence-corrected chi connectivity index (χ4v) is 4.77. The molecule has 2 aromatic rings. The lowest BCUT2D eigenvalue weighted by Gasteiger charge is -2.49. The third-order valence-corrected chi connectivity index (χ3v) is 6.42. The summed E-state index contributed by atoms with van der Waals surface area (Å²) >= 11 is 0. The van der Waals surface area contributed by atoms with Gasteiger partial charge in [-0.15, -0.1) is 0 Å². The van der Waals surface area contributed by atoms with Crippen LogP contribution in [0.4, 0.5) is 0 Å². The molecule has 4 rings (SSSR count). The smallest absolute Gasteiger partial charge is 0.219 e. The molecule has 2 aliphatic heterocycles. The lowest BCUT2D eigenvalue weighted by molar-refractivity contribution is -0.138. The molecular formula is C22H30N4O3. The van der Waals surface area contributed by atoms with E-state index in [9.17, 15) is 9.90 Å². The number of benzene rings is 1. The summed E-state index contributed by atoms with van der Waals surface area (Å²) in [5.74, 6) is 1.92. The van der Waals surface area contributed by atoms with Gasteiger partial charge in [-0.05, 0) is 62.0 Å². The number of nitrogens with zero attached hydrogens (tertiary/aromatic N) is 4. The molecule has 156 valence electrons. The average molecular weight is 399 g/mol. The Morgan fingerprint density at radius 3 is 2.66 bits per heavy atom. The van der Waals surface area contributed by atoms with Crippen LogP contribution in [0.15, 0.2) is 36.7 Å². The lowest BCUT2D eigenvalue weighted by Crippen LogP contribution is -2.54. The molecule has 1 aromatic carbocycles. The first-order valence-corrected chi connectivity index (χ1v) is 10.3. The number of aromatic nitrogens is 2. The summed E-state index contributed by atoms with van der Waals surface area (Å²) in [6.07, 6.45) is 6.21. The molecule has 0 radical (unpaired) electrons. The Morgan fingerprint density at radius 1 is 1.28 bits per heavy atom. The number of rotatable bonds is 4. The standard InChI is InChI=1S/C22H30N4O3/c1-17(27)25-14-19(28)13-22(16-25)7-10-24(11-8-22)15-21-23-9-12-26(21)18-3-5-20(29-2)6-4-18/h3-6,9,12,19,28H,7-8,10-11,13-16H2,1-2H3. The average Bonchev–Trinajstić information content (AvgIpc) is 3.17. The van der Waals surface area contributed by atoms with Crippen molar-refractivity contribution in [3.8, 4) is 11.4 Å². The van der Waals surface area contributed by atoms with Gasteiger partial charge in [-0.3, -0.25) is 9.69 Å². The fraction of sp³-hybridized carbons (Fsp3) is 0.545. The maximum absolute atomic E-state index is 11.8. The van der Waals surface area contributed by atoms with Crippen LogP contribution >= 0.6 is 0 Å². The van der Waals surface area contributed by atoms with E-state index < -0.39 is 6.10 Å². The normalized spacial score (nSPS) is 22.0. The number of methoxy groups -OCH3 is 1. The fourth-order valence-electron chi connectivity index (χ4n) is 4.77. The molecule has 1 amide bonds. The second kappa shape index (κ2) is 8.16. The SMILES string of the molecule is COc1ccc(-n2ccnc2CN2CCC3(CC2)CC(O)CN(C(C)=O)C3)cc1. The molecule has 1 atom stereocenters. The van der Waals surface area contributed by atoms with E-state index in [0.29, 0.717) is 6.54 Å². The highest BCUT2D eigenvalue weighted by Crippen LogP contribution is 2.40. The summed E-state index contributed by atoms with van der Waals surface area (Å²) < 4.78 is 7.36. The molecule has 2 fully saturated rings. The van der Waals surface area contributed by atoms with E-state index in [2.05, 4.69) is 14.5 Å². The van der Waals surface area contributed by atoms with Gasteiger partial charge in [0.2, 0.25) is 5.91 Å². The molecule has 0 aliphatic carbocycles. The van der Waals surface area contributed by atoms with Crippen LogP contribution in [-0.4, -0.2) is 69.8 Å². The van der Waals surface area contributed by atoms with Crippen LogP contribution in [0.5, 0.6) is 5.75 Å². The van der Waals surface area contributed by atoms with Gasteiger partial charge in [-0.2, -0.15) is 0 Å². The number of carbonyl (C=O) groups is 1. The summed E-state index contributed by atoms with van der Waals surface area (Å²) in [6, 6.07) is 7.99. The summed E-state index contributed by atoms with van der Waals surface area (Å²) in [6.45, 7) is 5.53. The molecule has 1 unspecified atom stereocenters. The number of amides is 1. The summed E-state index contributed by atoms with van der Waals surface area (Å²) in [4.78, 5) is 20.7. The summed E-state index contributed by atoms with van der Waals surface area (Å²) in [7, 11) is 1.67. The highest BCUT2D eigenvalue weighted by atomic mass is 16.5. The van der Waals surface area contributed by atoms with Crippen molar-refractivity contribution in [3.05, 3.63) is 42.5 Å². The third kappa shape index (κ3) is 4.31. The molecule has 7 heteroatoms. The topological polar surface area (TPSA) is 70.8 Å². The van der Waals surface area contributed by atoms with Gasteiger partial charge in [-0.25, -0.2) is 4.98 Å². The van der Waals surface area contributed by atoms with Crippen molar-refractivity contribution in [1.29, 1.82) is 0 Å². The predicted octanol–water partition coefficient (Wildman–Crippen LogP) is 2.08. The number of aliphatic hydroxyl groups excluding tert-OH is 1. The second-order valence-electron chi connectivity index (χ2n) is 8.45. The van der Waals surface area contributed by atoms with Gasteiger partial charge in [-0.1, -0.05) is 0 Å². The Labute approximate surface area is 171 Å². The van der Waals surface area contributed by atoms with Crippen LogP contribution in [-0.2, 0) is 11.3 Å². The van der Waals surface area contributed by atoms with Gasteiger partial charge in [0.05, 0.1) is 19.8 Å². The van der Waals surface area contributed by atoms with Gasteiger partial charge in [0.25, 0.3) is 0 Å². The van der Waals surface area contributed by atoms with Crippen molar-refractivity contribution >= 4 is 5.91 Å². The van der Waals surface area contributed by atoms with Crippen molar-refractivity contribution < 1.29 is 14.6 Å². The van der Waals surface area contributed by atoms with Crippen LogP contribution in [0.3, 0.4) is 0 Å². The first-order chi connectivity index (χ1) is 14.0. The minimum atomic E-state index is -0.409. The second-order valence-corrected chi connectivity index (χ2v) is 8.45. The first-order valence-electron chi connectivity index (χ1n) is 10.3. The maximum Gasteiger partial charge on any atom is 0.219 e. The number of hydrogen-bond acceptors (Lipinski definition) is 5. The zero-order valence-corrected chi connectivity index (χ0v) is 17.3. The maximum atomic E-state index is 11.8. The Kier molecular flexibility index (Phi) is 5.61. The molecule has 1 N–H and O–H groups in total. The van der Waals surface area contributed by atoms with Gasteiger partial charge in [0.1, 0.15) is 11.6 Å². The van der Waals surface area contributed by atoms with E-state index in [4.69, 9.17) is 4.74 Å². The zero-order valence-electron chi connectivity index (χ0n) is 17.3. The van der Waals surface area contributed by atoms with Crippen molar-refractivity contribution in [2.75, 3.05) is 33.3 Å². The number of hydrogen-bond donors (Lipinski definition) is 1. The Morgan fingerprint density at radius 2 is 2.00 bits per heavy atom. The van der Waals surface area contributed by atoms with Crippen molar-refractivity contribution in [1.82, 2.24) is 19.4 Å². The van der Waals surface area contributed by atoms with Gasteiger partial charge in [0.15, 0.2) is 0 Å². The van der Waals surface area contributed by atoms with Crippen LogP contribution in [0, 0.1) is 5.41 Å². The summed E-state index contributed by atoms with van der Waals surface area (Å²) in [5.41, 5.74) is 1.12. The van der Waals surface area contributed by atoms with Crippen LogP contribution < -0.4 is 4.74 Å². The number of likely N-dealkylation sites (tertiary alicyclic amines) is 2. The molecule has 7 nitrogen and oxygen atoms in total. The highest BCUT2D eigenvalue weighted by molar-refractivity contribution is 5.73. The Balaban J connectivity index is 1.40. The molecule has 1 aromatic heterocycles. The molecule has 2 saturated heterocycles. The largest absolute Gasteiger partial charge is 0.497 e. The van der Waals surface area contributed by atoms with E-state index in [-0.39, 0.29) is 11.3 Å². The molecule has 29 heavy (non-hydrogen) atoms. The van der Waals surface area contributed by atoms with Crippen molar-refractivity contribution in [2.45, 2.75) is 38.8 Å². The number of imidazole rings is 1. The van der Waals surface area contributed by atoms with Crippen molar-refractivity contribution in [3.63, 3.8) is 0 Å². The zero-order chi connectivity index (χ0) is 20.4. The summed E-state index contributed by atoms with van der Waals surface area (Å²) in [5, 5.41) is 10.3. The Bertz CT molecular complexity index is 840. The molecular weight excluding hydrogens is 368 g/mol. The van der Waals surface area contributed by atoms with E-state index in [0.717, 1.165) is 62.7 Å². The molecule has 2 aliphatic rings. The van der Waals surface area contributed by atoms with E-state index in [1.807, 2.05) is 41.6 Å². The number of ether oxygens (including phenoxy) is 1. The number of β-amino-alcohol motifs (C(OH)–C–C–N with tert-alkyl or cyclic N) is 1. The quantitative estimate of drug-likeness (QED) is 0.854. The van der Waals surface area contributed by atoms with Crippen LogP contribution in [0.1, 0.15) is 32.0 Å². The molecule has 0 bridgehead atoms. The lowest BCUT2D eigenvalue weighted by atomic mass is 9.71. The minimum absolute atomic E-state index is 0.0469. The molecule has 0 saturated carbocycles. The van der Waals surface area contributed by atoms with Gasteiger partial charge >= 0.3 is 0 Å². The predicted molar refractivity (Wildman–Crippen MR) is 110 cm³/mol. The van der Waals surface area contributed by atoms with Crippen LogP contribution in [0.2, 0.25) is 0 Å². The number of carbonyl (C=O) groups excluding carboxylic acids is 1. The first kappa shape index (κ1) is 19.9. The highest BCUT2D eigenvalue weighted by Gasteiger charge is 2.42. The van der Waals surface area contributed by atoms with E-state index in [1.165, 1.54) is 0 Å². The van der Waals surface area contributed by atoms with E-state index >= 15 is 0 Å². The third-order valence-electron chi connectivity index (χ3n) is 6.42. The van der Waals surface area contributed by atoms with Gasteiger partial charge in [0, 0.05) is 38.1 Å². The van der Waals surface area contributed by atoms with Crippen LogP contribution in [0.25, 0.3) is 5.69 Å². The monoisotopic (exact) mass is 398 g/mol. The number of piperidine rings is 2. The Hall–Kier alpha value is -2.38. The van der Waals surface area contributed by atoms with E-state index in [1.54, 1.807) is 14.0 Å². The number of aliphatic hydroxyl groups is 1. The van der Waals surface area contributed by atoms with Crippen molar-refractivity contribution in [2.24, 2.45) is 5.41 Å². The molecule has 3 heterocycles. The molecule has 1 spiro atoms. The minimum Gasteiger partial charge on any atom is -0.497 e.